The van der Waals surface area contributed by atoms with E-state index in [1.807, 2.05) is 18.3 Å². The maximum Gasteiger partial charge on any atom is 0.227 e. The molecule has 5 rings (SSSR count). The normalized spacial score (nSPS) is 19.2. The van der Waals surface area contributed by atoms with Crippen molar-refractivity contribution in [3.8, 4) is 5.75 Å². The molecule has 2 saturated heterocycles. The molecule has 198 valence electrons. The summed E-state index contributed by atoms with van der Waals surface area (Å²) < 4.78 is 5.60. The Morgan fingerprint density at radius 3 is 2.51 bits per heavy atom. The van der Waals surface area contributed by atoms with Gasteiger partial charge in [-0.05, 0) is 93.4 Å². The SMILES string of the molecule is COc1ccc2cnc(Nc3ccc(N4CCC(CCCN5CCC(N)C5)CC4)cc3)nc2c1C(C)C. The van der Waals surface area contributed by atoms with Crippen molar-refractivity contribution < 1.29 is 4.74 Å². The minimum absolute atomic E-state index is 0.300. The smallest absolute Gasteiger partial charge is 0.227 e. The number of ether oxygens (including phenoxy) is 1. The number of hydrogen-bond acceptors (Lipinski definition) is 7. The molecule has 1 aromatic heterocycles. The quantitative estimate of drug-likeness (QED) is 0.398. The van der Waals surface area contributed by atoms with Crippen LogP contribution in [0.2, 0.25) is 0 Å². The maximum atomic E-state index is 6.04. The molecule has 0 amide bonds. The Bertz CT molecular complexity index is 1170. The van der Waals surface area contributed by atoms with Crippen LogP contribution in [0.3, 0.4) is 0 Å². The molecule has 3 N–H and O–H groups in total. The van der Waals surface area contributed by atoms with Crippen LogP contribution in [0.1, 0.15) is 57.4 Å². The van der Waals surface area contributed by atoms with Crippen LogP contribution >= 0.6 is 0 Å². The largest absolute Gasteiger partial charge is 0.496 e. The Labute approximate surface area is 221 Å². The fourth-order valence-electron chi connectivity index (χ4n) is 5.93. The molecule has 0 radical (unpaired) electrons. The summed E-state index contributed by atoms with van der Waals surface area (Å²) in [5.41, 5.74) is 10.4. The molecular formula is C30H42N6O. The van der Waals surface area contributed by atoms with Gasteiger partial charge in [0, 0.05) is 54.2 Å². The summed E-state index contributed by atoms with van der Waals surface area (Å²) in [6, 6.07) is 13.1. The second-order valence-corrected chi connectivity index (χ2v) is 11.1. The van der Waals surface area contributed by atoms with Crippen LogP contribution in [0.4, 0.5) is 17.3 Å². The second-order valence-electron chi connectivity index (χ2n) is 11.1. The van der Waals surface area contributed by atoms with Crippen LogP contribution in [0.5, 0.6) is 5.75 Å². The first kappa shape index (κ1) is 25.7. The fourth-order valence-corrected chi connectivity index (χ4v) is 5.93. The van der Waals surface area contributed by atoms with Gasteiger partial charge in [0.25, 0.3) is 0 Å². The van der Waals surface area contributed by atoms with Crippen molar-refractivity contribution in [2.24, 2.45) is 11.7 Å². The van der Waals surface area contributed by atoms with E-state index in [0.717, 1.165) is 59.9 Å². The lowest BCUT2D eigenvalue weighted by Gasteiger charge is -2.34. The van der Waals surface area contributed by atoms with Gasteiger partial charge in [-0.2, -0.15) is 0 Å². The van der Waals surface area contributed by atoms with Crippen LogP contribution in [0.15, 0.2) is 42.6 Å². The summed E-state index contributed by atoms with van der Waals surface area (Å²) in [6.07, 6.45) is 8.27. The molecule has 3 aromatic rings. The number of fused-ring (bicyclic) bond motifs is 1. The number of likely N-dealkylation sites (tertiary alicyclic amines) is 1. The molecule has 2 fully saturated rings. The number of rotatable bonds is 9. The van der Waals surface area contributed by atoms with E-state index >= 15 is 0 Å². The summed E-state index contributed by atoms with van der Waals surface area (Å²) >= 11 is 0. The molecule has 2 aliphatic heterocycles. The molecule has 3 heterocycles. The van der Waals surface area contributed by atoms with Gasteiger partial charge in [0.15, 0.2) is 0 Å². The summed E-state index contributed by atoms with van der Waals surface area (Å²) in [5.74, 6) is 2.63. The van der Waals surface area contributed by atoms with Gasteiger partial charge in [-0.15, -0.1) is 0 Å². The predicted octanol–water partition coefficient (Wildman–Crippen LogP) is 5.54. The highest BCUT2D eigenvalue weighted by Crippen LogP contribution is 2.33. The van der Waals surface area contributed by atoms with Crippen molar-refractivity contribution in [2.45, 2.75) is 57.9 Å². The van der Waals surface area contributed by atoms with Crippen molar-refractivity contribution in [3.05, 3.63) is 48.2 Å². The lowest BCUT2D eigenvalue weighted by Crippen LogP contribution is -2.34. The van der Waals surface area contributed by atoms with Crippen LogP contribution in [0, 0.1) is 5.92 Å². The highest BCUT2D eigenvalue weighted by atomic mass is 16.5. The molecule has 1 atom stereocenters. The average molecular weight is 503 g/mol. The zero-order chi connectivity index (χ0) is 25.8. The van der Waals surface area contributed by atoms with Crippen LogP contribution in [-0.4, -0.2) is 60.7 Å². The lowest BCUT2D eigenvalue weighted by atomic mass is 9.92. The van der Waals surface area contributed by atoms with Crippen molar-refractivity contribution in [3.63, 3.8) is 0 Å². The van der Waals surface area contributed by atoms with Gasteiger partial charge in [-0.3, -0.25) is 0 Å². The van der Waals surface area contributed by atoms with Gasteiger partial charge in [-0.1, -0.05) is 13.8 Å². The Morgan fingerprint density at radius 2 is 1.84 bits per heavy atom. The van der Waals surface area contributed by atoms with E-state index in [-0.39, 0.29) is 0 Å². The molecule has 0 bridgehead atoms. The third-order valence-electron chi connectivity index (χ3n) is 8.05. The Hall–Kier alpha value is -2.90. The minimum atomic E-state index is 0.300. The molecule has 37 heavy (non-hydrogen) atoms. The van der Waals surface area contributed by atoms with E-state index in [0.29, 0.717) is 17.9 Å². The first-order valence-electron chi connectivity index (χ1n) is 13.9. The van der Waals surface area contributed by atoms with Crippen molar-refractivity contribution in [2.75, 3.05) is 50.1 Å². The molecule has 2 aromatic carbocycles. The van der Waals surface area contributed by atoms with Gasteiger partial charge in [-0.25, -0.2) is 9.97 Å². The van der Waals surface area contributed by atoms with E-state index in [9.17, 15) is 0 Å². The zero-order valence-electron chi connectivity index (χ0n) is 22.6. The number of nitrogens with two attached hydrogens (primary N) is 1. The molecule has 0 aliphatic carbocycles. The van der Waals surface area contributed by atoms with E-state index in [2.05, 4.69) is 58.2 Å². The molecular weight excluding hydrogens is 460 g/mol. The maximum absolute atomic E-state index is 6.04. The van der Waals surface area contributed by atoms with Gasteiger partial charge in [0.05, 0.1) is 12.6 Å². The highest BCUT2D eigenvalue weighted by Gasteiger charge is 2.22. The standard InChI is InChI=1S/C30H42N6O/c1-21(2)28-27(37-3)11-6-23-19-32-30(34-29(23)28)33-25-7-9-26(10-8-25)36-17-12-22(13-18-36)5-4-15-35-16-14-24(31)20-35/h6-11,19,21-22,24H,4-5,12-18,20,31H2,1-3H3,(H,32,33,34). The topological polar surface area (TPSA) is 79.5 Å². The summed E-state index contributed by atoms with van der Waals surface area (Å²) in [7, 11) is 1.71. The summed E-state index contributed by atoms with van der Waals surface area (Å²) in [4.78, 5) is 14.5. The van der Waals surface area contributed by atoms with E-state index in [4.69, 9.17) is 15.5 Å². The number of hydrogen-bond donors (Lipinski definition) is 2. The zero-order valence-corrected chi connectivity index (χ0v) is 22.6. The van der Waals surface area contributed by atoms with Gasteiger partial charge in [0.2, 0.25) is 5.95 Å². The van der Waals surface area contributed by atoms with Gasteiger partial charge in [0.1, 0.15) is 5.75 Å². The van der Waals surface area contributed by atoms with Crippen LogP contribution in [-0.2, 0) is 0 Å². The number of methoxy groups -OCH3 is 1. The monoisotopic (exact) mass is 502 g/mol. The predicted molar refractivity (Wildman–Crippen MR) is 153 cm³/mol. The van der Waals surface area contributed by atoms with Crippen LogP contribution in [0.25, 0.3) is 10.9 Å². The molecule has 2 aliphatic rings. The fraction of sp³-hybridized carbons (Fsp3) is 0.533. The van der Waals surface area contributed by atoms with E-state index < -0.39 is 0 Å². The third kappa shape index (κ3) is 6.16. The number of nitrogens with zero attached hydrogens (tertiary/aromatic N) is 4. The number of piperidine rings is 1. The number of aromatic nitrogens is 2. The first-order valence-corrected chi connectivity index (χ1v) is 13.9. The minimum Gasteiger partial charge on any atom is -0.496 e. The molecule has 1 unspecified atom stereocenters. The summed E-state index contributed by atoms with van der Waals surface area (Å²) in [6.45, 7) is 10.1. The number of nitrogens with one attached hydrogen (secondary N) is 1. The van der Waals surface area contributed by atoms with Crippen LogP contribution < -0.4 is 20.7 Å². The summed E-state index contributed by atoms with van der Waals surface area (Å²) in [5, 5.41) is 4.41. The Kier molecular flexibility index (Phi) is 8.11. The molecule has 0 spiro atoms. The number of anilines is 3. The second kappa shape index (κ2) is 11.7. The van der Waals surface area contributed by atoms with Gasteiger partial charge >= 0.3 is 0 Å². The van der Waals surface area contributed by atoms with E-state index in [1.165, 1.54) is 44.5 Å². The molecule has 7 nitrogen and oxygen atoms in total. The molecule has 0 saturated carbocycles. The van der Waals surface area contributed by atoms with Gasteiger partial charge < -0.3 is 25.6 Å². The van der Waals surface area contributed by atoms with Crippen molar-refractivity contribution in [1.82, 2.24) is 14.9 Å². The van der Waals surface area contributed by atoms with Crippen molar-refractivity contribution in [1.29, 1.82) is 0 Å². The van der Waals surface area contributed by atoms with E-state index in [1.54, 1.807) is 7.11 Å². The van der Waals surface area contributed by atoms with Crippen molar-refractivity contribution >= 4 is 28.2 Å². The average Bonchev–Trinajstić information content (AvgIpc) is 3.33. The Balaban J connectivity index is 1.15. The Morgan fingerprint density at radius 1 is 1.05 bits per heavy atom. The first-order chi connectivity index (χ1) is 18.0. The lowest BCUT2D eigenvalue weighted by molar-refractivity contribution is 0.297. The molecule has 7 heteroatoms. The number of benzene rings is 2. The third-order valence-corrected chi connectivity index (χ3v) is 8.05. The highest BCUT2D eigenvalue weighted by molar-refractivity contribution is 5.85.